The van der Waals surface area contributed by atoms with Crippen LogP contribution in [-0.4, -0.2) is 24.1 Å². The highest BCUT2D eigenvalue weighted by Crippen LogP contribution is 2.44. The Labute approximate surface area is 212 Å². The predicted molar refractivity (Wildman–Crippen MR) is 138 cm³/mol. The van der Waals surface area contributed by atoms with E-state index in [1.807, 2.05) is 27.7 Å². The Hall–Kier alpha value is -0.390. The first-order chi connectivity index (χ1) is 16.0. The number of rotatable bonds is 3. The van der Waals surface area contributed by atoms with Crippen LogP contribution in [0.3, 0.4) is 0 Å². The fourth-order valence-corrected chi connectivity index (χ4v) is 6.77. The lowest BCUT2D eigenvalue weighted by atomic mass is 9.72. The van der Waals surface area contributed by atoms with Gasteiger partial charge >= 0.3 is 0 Å². The summed E-state index contributed by atoms with van der Waals surface area (Å²) in [5, 5.41) is 0. The van der Waals surface area contributed by atoms with E-state index in [-0.39, 0.29) is 30.7 Å². The zero-order valence-electron chi connectivity index (χ0n) is 23.6. The highest BCUT2D eigenvalue weighted by molar-refractivity contribution is 4.91. The van der Waals surface area contributed by atoms with E-state index in [9.17, 15) is 22.0 Å². The molecule has 0 radical (unpaired) electrons. The highest BCUT2D eigenvalue weighted by atomic mass is 19.3. The average Bonchev–Trinajstić information content (AvgIpc) is 2.71. The van der Waals surface area contributed by atoms with Crippen LogP contribution in [0.5, 0.6) is 0 Å². The number of halogens is 5. The number of hydrogen-bond acceptors (Lipinski definition) is 1. The summed E-state index contributed by atoms with van der Waals surface area (Å²) in [4.78, 5) is 0. The zero-order chi connectivity index (χ0) is 27.1. The number of nitrogens with two attached hydrogens (primary N) is 1. The summed E-state index contributed by atoms with van der Waals surface area (Å²) >= 11 is 0. The monoisotopic (exact) mass is 511 g/mol. The lowest BCUT2D eigenvalue weighted by Crippen LogP contribution is -2.48. The Bertz CT molecular complexity index is 592. The van der Waals surface area contributed by atoms with E-state index in [4.69, 9.17) is 5.73 Å². The first kappa shape index (κ1) is 32.6. The Balaban J connectivity index is 0.000000263. The normalized spacial score (nSPS) is 36.8. The Morgan fingerprint density at radius 1 is 0.657 bits per heavy atom. The van der Waals surface area contributed by atoms with E-state index >= 15 is 0 Å². The second kappa shape index (κ2) is 14.0. The molecule has 3 fully saturated rings. The van der Waals surface area contributed by atoms with E-state index in [1.165, 1.54) is 6.42 Å². The molecule has 7 atom stereocenters. The van der Waals surface area contributed by atoms with E-state index in [1.54, 1.807) is 6.92 Å². The molecule has 3 rings (SSSR count). The molecule has 2 N–H and O–H groups in total. The second-order valence-corrected chi connectivity index (χ2v) is 12.7. The van der Waals surface area contributed by atoms with Gasteiger partial charge in [-0.2, -0.15) is 0 Å². The Kier molecular flexibility index (Phi) is 13.0. The van der Waals surface area contributed by atoms with Crippen molar-refractivity contribution in [2.45, 2.75) is 137 Å². The van der Waals surface area contributed by atoms with Crippen molar-refractivity contribution in [1.82, 2.24) is 0 Å². The van der Waals surface area contributed by atoms with Gasteiger partial charge in [0.15, 0.2) is 0 Å². The van der Waals surface area contributed by atoms with E-state index in [2.05, 4.69) is 20.8 Å². The second-order valence-electron chi connectivity index (χ2n) is 12.7. The van der Waals surface area contributed by atoms with Crippen LogP contribution in [0.25, 0.3) is 0 Å². The van der Waals surface area contributed by atoms with E-state index in [0.29, 0.717) is 36.5 Å². The Morgan fingerprint density at radius 3 is 1.54 bits per heavy atom. The van der Waals surface area contributed by atoms with Crippen LogP contribution >= 0.6 is 0 Å². The molecule has 0 bridgehead atoms. The smallest absolute Gasteiger partial charge is 0.252 e. The summed E-state index contributed by atoms with van der Waals surface area (Å²) in [6.45, 7) is 15.9. The van der Waals surface area contributed by atoms with Gasteiger partial charge in [0.2, 0.25) is 0 Å². The van der Waals surface area contributed by atoms with Crippen molar-refractivity contribution in [3.63, 3.8) is 0 Å². The van der Waals surface area contributed by atoms with Crippen molar-refractivity contribution in [2.24, 2.45) is 53.1 Å². The minimum atomic E-state index is -2.54. The van der Waals surface area contributed by atoms with Crippen LogP contribution in [0.4, 0.5) is 22.0 Å². The number of hydrogen-bond donors (Lipinski definition) is 1. The van der Waals surface area contributed by atoms with Gasteiger partial charge in [-0.3, -0.25) is 0 Å². The zero-order valence-corrected chi connectivity index (χ0v) is 23.6. The third-order valence-corrected chi connectivity index (χ3v) is 9.05. The van der Waals surface area contributed by atoms with Gasteiger partial charge in [0, 0.05) is 30.7 Å². The standard InChI is InChI=1S/C10H18F2.C10H19F.C9H17F2N/c1-7(2)9-5-4-6-10(11,12)8(9)3;1-7(2)9-5-4-6-10(11)8(9)3;1-6(2)8-7(12)4-3-5-9(8,10)11/h7-9H,4-6H2,1-3H3;7-10H,4-6H2,1-3H3;6-8H,3-5,12H2,1-2H3/t8-,9+;8-,9+,10-;7-,8-/m110/s1. The van der Waals surface area contributed by atoms with Gasteiger partial charge in [-0.05, 0) is 74.0 Å². The topological polar surface area (TPSA) is 26.0 Å². The molecule has 0 aliphatic heterocycles. The predicted octanol–water partition coefficient (Wildman–Crippen LogP) is 9.54. The quantitative estimate of drug-likeness (QED) is 0.375. The van der Waals surface area contributed by atoms with Crippen molar-refractivity contribution in [1.29, 1.82) is 0 Å². The maximum absolute atomic E-state index is 13.3. The van der Waals surface area contributed by atoms with Gasteiger partial charge in [0.05, 0.1) is 0 Å². The molecule has 210 valence electrons. The van der Waals surface area contributed by atoms with Crippen molar-refractivity contribution in [2.75, 3.05) is 0 Å². The van der Waals surface area contributed by atoms with E-state index < -0.39 is 29.9 Å². The molecule has 0 saturated heterocycles. The molecule has 3 saturated carbocycles. The van der Waals surface area contributed by atoms with Crippen molar-refractivity contribution >= 4 is 0 Å². The molecule has 0 aromatic carbocycles. The van der Waals surface area contributed by atoms with Crippen molar-refractivity contribution in [3.8, 4) is 0 Å². The lowest BCUT2D eigenvalue weighted by Gasteiger charge is -2.38. The van der Waals surface area contributed by atoms with Crippen molar-refractivity contribution < 1.29 is 22.0 Å². The SMILES string of the molecule is CC(C)[C@@H]1CCCC(F)(F)[C@@H]1C.CC(C)[C@@H]1CCC[C@@H](F)[C@@H]1C.CC(C)[C@H]1[C@@H](N)CCCC1(F)F. The minimum Gasteiger partial charge on any atom is -0.327 e. The summed E-state index contributed by atoms with van der Waals surface area (Å²) < 4.78 is 66.2. The third-order valence-electron chi connectivity index (χ3n) is 9.05. The number of alkyl halides is 5. The minimum absolute atomic E-state index is 0.0174. The largest absolute Gasteiger partial charge is 0.327 e. The molecule has 3 aliphatic rings. The summed E-state index contributed by atoms with van der Waals surface area (Å²) in [5.74, 6) is -3.82. The fourth-order valence-electron chi connectivity index (χ4n) is 6.77. The van der Waals surface area contributed by atoms with Crippen molar-refractivity contribution in [3.05, 3.63) is 0 Å². The average molecular weight is 512 g/mol. The maximum Gasteiger partial charge on any atom is 0.252 e. The van der Waals surface area contributed by atoms with Gasteiger partial charge in [0.1, 0.15) is 6.17 Å². The molecule has 1 nitrogen and oxygen atoms in total. The molecular weight excluding hydrogens is 457 g/mol. The molecular formula is C29H54F5N. The molecule has 0 spiro atoms. The van der Waals surface area contributed by atoms with E-state index in [0.717, 1.165) is 25.7 Å². The fraction of sp³-hybridized carbons (Fsp3) is 1.00. The van der Waals surface area contributed by atoms with Crippen LogP contribution in [0.1, 0.15) is 113 Å². The van der Waals surface area contributed by atoms with Gasteiger partial charge in [-0.15, -0.1) is 0 Å². The van der Waals surface area contributed by atoms with Crippen LogP contribution in [0, 0.1) is 47.3 Å². The molecule has 0 aromatic rings. The summed E-state index contributed by atoms with van der Waals surface area (Å²) in [7, 11) is 0. The first-order valence-corrected chi connectivity index (χ1v) is 14.2. The Morgan fingerprint density at radius 2 is 1.14 bits per heavy atom. The molecule has 3 aliphatic carbocycles. The summed E-state index contributed by atoms with van der Waals surface area (Å²) in [5.41, 5.74) is 5.68. The van der Waals surface area contributed by atoms with Crippen LogP contribution in [-0.2, 0) is 0 Å². The van der Waals surface area contributed by atoms with Crippen LogP contribution < -0.4 is 5.73 Å². The molecule has 0 unspecified atom stereocenters. The molecule has 0 heterocycles. The summed E-state index contributed by atoms with van der Waals surface area (Å²) in [6.07, 6.45) is 5.69. The first-order valence-electron chi connectivity index (χ1n) is 14.2. The van der Waals surface area contributed by atoms with Gasteiger partial charge in [-0.1, -0.05) is 61.8 Å². The molecule has 0 aromatic heterocycles. The summed E-state index contributed by atoms with van der Waals surface area (Å²) in [6, 6.07) is -0.311. The third kappa shape index (κ3) is 9.45. The van der Waals surface area contributed by atoms with Gasteiger partial charge < -0.3 is 5.73 Å². The lowest BCUT2D eigenvalue weighted by molar-refractivity contribution is -0.110. The molecule has 0 amide bonds. The van der Waals surface area contributed by atoms with Gasteiger partial charge in [0.25, 0.3) is 11.8 Å². The van der Waals surface area contributed by atoms with Gasteiger partial charge in [-0.25, -0.2) is 22.0 Å². The molecule has 35 heavy (non-hydrogen) atoms. The maximum atomic E-state index is 13.3. The molecule has 6 heteroatoms. The highest BCUT2D eigenvalue weighted by Gasteiger charge is 2.47. The van der Waals surface area contributed by atoms with Crippen LogP contribution in [0.15, 0.2) is 0 Å². The van der Waals surface area contributed by atoms with Crippen LogP contribution in [0.2, 0.25) is 0 Å².